The van der Waals surface area contributed by atoms with E-state index >= 15 is 0 Å². The number of carbonyl (C=O) groups is 3. The second-order valence-corrected chi connectivity index (χ2v) is 6.68. The summed E-state index contributed by atoms with van der Waals surface area (Å²) in [7, 11) is 0. The van der Waals surface area contributed by atoms with E-state index in [1.165, 1.54) is 13.3 Å². The van der Waals surface area contributed by atoms with Gasteiger partial charge in [0.25, 0.3) is 5.91 Å². The molecule has 1 atom stereocenters. The van der Waals surface area contributed by atoms with Crippen molar-refractivity contribution >= 4 is 33.8 Å². The lowest BCUT2D eigenvalue weighted by molar-refractivity contribution is -0.127. The first-order valence-corrected chi connectivity index (χ1v) is 8.83. The Morgan fingerprint density at radius 1 is 1.17 bits per heavy atom. The van der Waals surface area contributed by atoms with Crippen LogP contribution in [0.3, 0.4) is 0 Å². The molecule has 0 bridgehead atoms. The minimum atomic E-state index is -1.07. The molecule has 7 heteroatoms. The van der Waals surface area contributed by atoms with Crippen molar-refractivity contribution in [2.24, 2.45) is 0 Å². The molecule has 1 unspecified atom stereocenters. The third kappa shape index (κ3) is 5.33. The number of ether oxygens (including phenoxy) is 1. The SMILES string of the molecule is CC(OC(=O)c1ccccc1Br)C(=O)NC(=O)NC1CCCCC1. The van der Waals surface area contributed by atoms with E-state index in [1.807, 2.05) is 0 Å². The van der Waals surface area contributed by atoms with Gasteiger partial charge in [0, 0.05) is 10.5 Å². The molecule has 0 saturated heterocycles. The summed E-state index contributed by atoms with van der Waals surface area (Å²) in [6, 6.07) is 6.32. The second-order valence-electron chi connectivity index (χ2n) is 5.83. The number of imide groups is 1. The van der Waals surface area contributed by atoms with Gasteiger partial charge in [-0.2, -0.15) is 0 Å². The number of nitrogens with one attached hydrogen (secondary N) is 2. The van der Waals surface area contributed by atoms with Crippen LogP contribution < -0.4 is 10.6 Å². The Kier molecular flexibility index (Phi) is 6.78. The molecule has 0 radical (unpaired) electrons. The zero-order valence-electron chi connectivity index (χ0n) is 13.5. The molecule has 1 fully saturated rings. The van der Waals surface area contributed by atoms with E-state index in [0.29, 0.717) is 10.0 Å². The second kappa shape index (κ2) is 8.82. The first kappa shape index (κ1) is 18.4. The van der Waals surface area contributed by atoms with Crippen LogP contribution in [0.5, 0.6) is 0 Å². The molecule has 2 N–H and O–H groups in total. The van der Waals surface area contributed by atoms with E-state index < -0.39 is 24.0 Å². The van der Waals surface area contributed by atoms with Crippen molar-refractivity contribution in [3.8, 4) is 0 Å². The van der Waals surface area contributed by atoms with Crippen molar-refractivity contribution in [3.63, 3.8) is 0 Å². The molecule has 0 aliphatic heterocycles. The van der Waals surface area contributed by atoms with Crippen molar-refractivity contribution in [1.82, 2.24) is 10.6 Å². The van der Waals surface area contributed by atoms with Crippen LogP contribution in [0.4, 0.5) is 4.79 Å². The fraction of sp³-hybridized carbons (Fsp3) is 0.471. The summed E-state index contributed by atoms with van der Waals surface area (Å²) >= 11 is 3.25. The minimum absolute atomic E-state index is 0.102. The van der Waals surface area contributed by atoms with Crippen LogP contribution in [0.1, 0.15) is 49.4 Å². The molecular formula is C17H21BrN2O4. The fourth-order valence-corrected chi connectivity index (χ4v) is 3.03. The summed E-state index contributed by atoms with van der Waals surface area (Å²) in [5, 5.41) is 5.00. The summed E-state index contributed by atoms with van der Waals surface area (Å²) in [6.07, 6.45) is 4.13. The maximum Gasteiger partial charge on any atom is 0.340 e. The van der Waals surface area contributed by atoms with Gasteiger partial charge >= 0.3 is 12.0 Å². The Morgan fingerprint density at radius 2 is 1.83 bits per heavy atom. The predicted molar refractivity (Wildman–Crippen MR) is 92.6 cm³/mol. The highest BCUT2D eigenvalue weighted by Crippen LogP contribution is 2.18. The van der Waals surface area contributed by atoms with E-state index in [0.717, 1.165) is 25.7 Å². The van der Waals surface area contributed by atoms with Crippen LogP contribution in [0, 0.1) is 0 Å². The van der Waals surface area contributed by atoms with Crippen molar-refractivity contribution in [2.75, 3.05) is 0 Å². The Balaban J connectivity index is 1.82. The number of halogens is 1. The molecular weight excluding hydrogens is 376 g/mol. The highest BCUT2D eigenvalue weighted by atomic mass is 79.9. The van der Waals surface area contributed by atoms with E-state index in [-0.39, 0.29) is 6.04 Å². The third-order valence-electron chi connectivity index (χ3n) is 3.92. The average Bonchev–Trinajstić information content (AvgIpc) is 2.55. The van der Waals surface area contributed by atoms with Gasteiger partial charge in [-0.1, -0.05) is 31.4 Å². The zero-order valence-corrected chi connectivity index (χ0v) is 15.1. The summed E-state index contributed by atoms with van der Waals surface area (Å²) in [5.74, 6) is -1.28. The molecule has 2 rings (SSSR count). The number of carbonyl (C=O) groups excluding carboxylic acids is 3. The zero-order chi connectivity index (χ0) is 17.5. The number of esters is 1. The lowest BCUT2D eigenvalue weighted by Gasteiger charge is -2.23. The number of urea groups is 1. The first-order chi connectivity index (χ1) is 11.5. The fourth-order valence-electron chi connectivity index (χ4n) is 2.59. The van der Waals surface area contributed by atoms with Crippen molar-refractivity contribution < 1.29 is 19.1 Å². The van der Waals surface area contributed by atoms with E-state index in [9.17, 15) is 14.4 Å². The lowest BCUT2D eigenvalue weighted by Crippen LogP contribution is -2.48. The van der Waals surface area contributed by atoms with Gasteiger partial charge < -0.3 is 10.1 Å². The Labute approximate surface area is 149 Å². The molecule has 6 nitrogen and oxygen atoms in total. The largest absolute Gasteiger partial charge is 0.449 e. The molecule has 1 aromatic rings. The lowest BCUT2D eigenvalue weighted by atomic mass is 9.96. The molecule has 0 aromatic heterocycles. The van der Waals surface area contributed by atoms with Crippen molar-refractivity contribution in [3.05, 3.63) is 34.3 Å². The first-order valence-electron chi connectivity index (χ1n) is 8.04. The van der Waals surface area contributed by atoms with E-state index in [1.54, 1.807) is 24.3 Å². The predicted octanol–water partition coefficient (Wildman–Crippen LogP) is 3.15. The number of hydrogen-bond acceptors (Lipinski definition) is 4. The van der Waals surface area contributed by atoms with Gasteiger partial charge in [0.2, 0.25) is 0 Å². The summed E-state index contributed by atoms with van der Waals surface area (Å²) in [4.78, 5) is 35.9. The number of amides is 3. The molecule has 130 valence electrons. The Bertz CT molecular complexity index is 614. The number of rotatable bonds is 4. The van der Waals surface area contributed by atoms with Gasteiger partial charge in [-0.15, -0.1) is 0 Å². The normalized spacial score (nSPS) is 16.1. The maximum atomic E-state index is 12.1. The minimum Gasteiger partial charge on any atom is -0.449 e. The van der Waals surface area contributed by atoms with Crippen molar-refractivity contribution in [1.29, 1.82) is 0 Å². The molecule has 1 aromatic carbocycles. The van der Waals surface area contributed by atoms with Crippen molar-refractivity contribution in [2.45, 2.75) is 51.2 Å². The molecule has 3 amide bonds. The molecule has 1 saturated carbocycles. The molecule has 0 spiro atoms. The molecule has 0 heterocycles. The van der Waals surface area contributed by atoms with Gasteiger partial charge in [-0.25, -0.2) is 9.59 Å². The molecule has 24 heavy (non-hydrogen) atoms. The van der Waals surface area contributed by atoms with Crippen LogP contribution >= 0.6 is 15.9 Å². The summed E-state index contributed by atoms with van der Waals surface area (Å²) in [6.45, 7) is 1.43. The summed E-state index contributed by atoms with van der Waals surface area (Å²) in [5.41, 5.74) is 0.323. The Hall–Kier alpha value is -1.89. The van der Waals surface area contributed by atoms with Gasteiger partial charge in [0.15, 0.2) is 6.10 Å². The highest BCUT2D eigenvalue weighted by molar-refractivity contribution is 9.10. The van der Waals surface area contributed by atoms with Gasteiger partial charge in [0.05, 0.1) is 5.56 Å². The highest BCUT2D eigenvalue weighted by Gasteiger charge is 2.23. The standard InChI is InChI=1S/C17H21BrN2O4/c1-11(24-16(22)13-9-5-6-10-14(13)18)15(21)20-17(23)19-12-7-3-2-4-8-12/h5-6,9-12H,2-4,7-8H2,1H3,(H2,19,20,21,23). The molecule has 1 aliphatic carbocycles. The van der Waals surface area contributed by atoms with Gasteiger partial charge in [-0.3, -0.25) is 10.1 Å². The van der Waals surface area contributed by atoms with Crippen LogP contribution in [0.2, 0.25) is 0 Å². The van der Waals surface area contributed by atoms with E-state index in [2.05, 4.69) is 26.6 Å². The van der Waals surface area contributed by atoms with E-state index in [4.69, 9.17) is 4.74 Å². The average molecular weight is 397 g/mol. The number of benzene rings is 1. The smallest absolute Gasteiger partial charge is 0.340 e. The van der Waals surface area contributed by atoms with Gasteiger partial charge in [0.1, 0.15) is 0 Å². The quantitative estimate of drug-likeness (QED) is 0.765. The van der Waals surface area contributed by atoms with Crippen LogP contribution in [0.15, 0.2) is 28.7 Å². The Morgan fingerprint density at radius 3 is 2.50 bits per heavy atom. The number of hydrogen-bond donors (Lipinski definition) is 2. The topological polar surface area (TPSA) is 84.5 Å². The maximum absolute atomic E-state index is 12.1. The molecule has 1 aliphatic rings. The van der Waals surface area contributed by atoms with Crippen LogP contribution in [-0.2, 0) is 9.53 Å². The third-order valence-corrected chi connectivity index (χ3v) is 4.62. The van der Waals surface area contributed by atoms with Crippen LogP contribution in [-0.4, -0.2) is 30.1 Å². The monoisotopic (exact) mass is 396 g/mol. The van der Waals surface area contributed by atoms with Crippen LogP contribution in [0.25, 0.3) is 0 Å². The summed E-state index contributed by atoms with van der Waals surface area (Å²) < 4.78 is 5.69. The van der Waals surface area contributed by atoms with Gasteiger partial charge in [-0.05, 0) is 47.8 Å².